The van der Waals surface area contributed by atoms with Crippen LogP contribution in [0.5, 0.6) is 0 Å². The third kappa shape index (κ3) is 2.92. The molecular formula is C17H24N4O2. The number of ether oxygens (including phenoxy) is 1. The fraction of sp³-hybridized carbons (Fsp3) is 0.706. The lowest BCUT2D eigenvalue weighted by Gasteiger charge is -2.41. The molecule has 3 heterocycles. The van der Waals surface area contributed by atoms with Crippen molar-refractivity contribution in [2.75, 3.05) is 31.1 Å². The molecule has 0 bridgehead atoms. The van der Waals surface area contributed by atoms with Gasteiger partial charge in [-0.05, 0) is 38.2 Å². The molecule has 124 valence electrons. The molecule has 4 rings (SSSR count). The van der Waals surface area contributed by atoms with Crippen LogP contribution in [-0.4, -0.2) is 59.2 Å². The van der Waals surface area contributed by atoms with E-state index in [1.54, 1.807) is 12.4 Å². The SMILES string of the molecule is O=C([C@@H]1CCCN(c2ncccn2)C1)N1CCO[C@H]2CCC[C@H]21. The number of morpholine rings is 1. The molecule has 6 heteroatoms. The molecule has 23 heavy (non-hydrogen) atoms. The van der Waals surface area contributed by atoms with Gasteiger partial charge in [0.2, 0.25) is 11.9 Å². The van der Waals surface area contributed by atoms with Crippen LogP contribution in [0.15, 0.2) is 18.5 Å². The van der Waals surface area contributed by atoms with Crippen LogP contribution in [0.1, 0.15) is 32.1 Å². The van der Waals surface area contributed by atoms with Gasteiger partial charge in [0.25, 0.3) is 0 Å². The van der Waals surface area contributed by atoms with Gasteiger partial charge in [-0.3, -0.25) is 4.79 Å². The zero-order valence-corrected chi connectivity index (χ0v) is 13.4. The second-order valence-corrected chi connectivity index (χ2v) is 6.77. The summed E-state index contributed by atoms with van der Waals surface area (Å²) >= 11 is 0. The normalized spacial score (nSPS) is 31.0. The number of aromatic nitrogens is 2. The maximum Gasteiger partial charge on any atom is 0.227 e. The highest BCUT2D eigenvalue weighted by molar-refractivity contribution is 5.80. The van der Waals surface area contributed by atoms with Gasteiger partial charge in [-0.2, -0.15) is 0 Å². The van der Waals surface area contributed by atoms with Gasteiger partial charge in [-0.1, -0.05) is 0 Å². The van der Waals surface area contributed by atoms with Gasteiger partial charge in [0.15, 0.2) is 0 Å². The summed E-state index contributed by atoms with van der Waals surface area (Å²) in [5.41, 5.74) is 0. The Morgan fingerprint density at radius 2 is 2.00 bits per heavy atom. The van der Waals surface area contributed by atoms with E-state index >= 15 is 0 Å². The molecule has 3 aliphatic rings. The summed E-state index contributed by atoms with van der Waals surface area (Å²) in [5, 5.41) is 0. The molecule has 3 fully saturated rings. The number of fused-ring (bicyclic) bond motifs is 1. The van der Waals surface area contributed by atoms with E-state index in [2.05, 4.69) is 19.8 Å². The minimum atomic E-state index is 0.0620. The van der Waals surface area contributed by atoms with Crippen molar-refractivity contribution in [2.45, 2.75) is 44.2 Å². The summed E-state index contributed by atoms with van der Waals surface area (Å²) in [7, 11) is 0. The van der Waals surface area contributed by atoms with Gasteiger partial charge in [-0.25, -0.2) is 9.97 Å². The first kappa shape index (κ1) is 14.9. The zero-order chi connectivity index (χ0) is 15.6. The van der Waals surface area contributed by atoms with Crippen LogP contribution in [0.2, 0.25) is 0 Å². The number of amides is 1. The third-order valence-corrected chi connectivity index (χ3v) is 5.37. The van der Waals surface area contributed by atoms with Crippen LogP contribution in [0.3, 0.4) is 0 Å². The fourth-order valence-corrected chi connectivity index (χ4v) is 4.25. The predicted octanol–water partition coefficient (Wildman–Crippen LogP) is 1.47. The molecule has 1 saturated carbocycles. The molecule has 1 aromatic heterocycles. The molecule has 1 aromatic rings. The smallest absolute Gasteiger partial charge is 0.227 e. The minimum absolute atomic E-state index is 0.0620. The Bertz CT molecular complexity index is 553. The molecule has 0 radical (unpaired) electrons. The van der Waals surface area contributed by atoms with Crippen molar-refractivity contribution in [2.24, 2.45) is 5.92 Å². The molecule has 1 amide bonds. The van der Waals surface area contributed by atoms with Crippen molar-refractivity contribution in [1.29, 1.82) is 0 Å². The van der Waals surface area contributed by atoms with Gasteiger partial charge in [0.05, 0.1) is 24.7 Å². The number of anilines is 1. The number of carbonyl (C=O) groups excluding carboxylic acids is 1. The van der Waals surface area contributed by atoms with Crippen molar-refractivity contribution in [3.63, 3.8) is 0 Å². The maximum atomic E-state index is 13.1. The number of hydrogen-bond acceptors (Lipinski definition) is 5. The third-order valence-electron chi connectivity index (χ3n) is 5.37. The lowest BCUT2D eigenvalue weighted by Crippen LogP contribution is -2.55. The summed E-state index contributed by atoms with van der Waals surface area (Å²) < 4.78 is 5.84. The molecule has 1 aliphatic carbocycles. The van der Waals surface area contributed by atoms with Gasteiger partial charge in [0, 0.05) is 32.0 Å². The van der Waals surface area contributed by atoms with Crippen LogP contribution in [0.25, 0.3) is 0 Å². The number of carbonyl (C=O) groups is 1. The lowest BCUT2D eigenvalue weighted by atomic mass is 9.95. The summed E-state index contributed by atoms with van der Waals surface area (Å²) in [5.74, 6) is 1.11. The van der Waals surface area contributed by atoms with E-state index in [9.17, 15) is 4.79 Å². The zero-order valence-electron chi connectivity index (χ0n) is 13.4. The Labute approximate surface area is 136 Å². The Balaban J connectivity index is 1.45. The molecular weight excluding hydrogens is 292 g/mol. The van der Waals surface area contributed by atoms with Crippen molar-refractivity contribution in [1.82, 2.24) is 14.9 Å². The van der Waals surface area contributed by atoms with Crippen LogP contribution in [0, 0.1) is 5.92 Å². The molecule has 2 saturated heterocycles. The summed E-state index contributed by atoms with van der Waals surface area (Å²) in [6, 6.07) is 2.13. The topological polar surface area (TPSA) is 58.6 Å². The van der Waals surface area contributed by atoms with Gasteiger partial charge < -0.3 is 14.5 Å². The van der Waals surface area contributed by atoms with Crippen LogP contribution in [0.4, 0.5) is 5.95 Å². The highest BCUT2D eigenvalue weighted by atomic mass is 16.5. The Hall–Kier alpha value is -1.69. The molecule has 0 unspecified atom stereocenters. The van der Waals surface area contributed by atoms with Crippen molar-refractivity contribution >= 4 is 11.9 Å². The Kier molecular flexibility index (Phi) is 4.16. The van der Waals surface area contributed by atoms with Crippen LogP contribution in [-0.2, 0) is 9.53 Å². The standard InChI is InChI=1S/C17H24N4O2/c22-16(21-10-11-23-15-6-1-5-14(15)21)13-4-2-9-20(12-13)17-18-7-3-8-19-17/h3,7-8,13-15H,1-2,4-6,9-12H2/t13-,14-,15+/m1/s1. The number of hydrogen-bond donors (Lipinski definition) is 0. The van der Waals surface area contributed by atoms with E-state index in [0.29, 0.717) is 18.6 Å². The molecule has 3 atom stereocenters. The second kappa shape index (κ2) is 6.43. The van der Waals surface area contributed by atoms with Crippen molar-refractivity contribution in [3.05, 3.63) is 18.5 Å². The first-order chi connectivity index (χ1) is 11.3. The van der Waals surface area contributed by atoms with E-state index in [1.807, 2.05) is 6.07 Å². The summed E-state index contributed by atoms with van der Waals surface area (Å²) in [6.07, 6.45) is 9.15. The average Bonchev–Trinajstić information content (AvgIpc) is 3.11. The molecule has 0 spiro atoms. The van der Waals surface area contributed by atoms with E-state index in [-0.39, 0.29) is 12.0 Å². The maximum absolute atomic E-state index is 13.1. The van der Waals surface area contributed by atoms with Gasteiger partial charge >= 0.3 is 0 Å². The van der Waals surface area contributed by atoms with Crippen LogP contribution < -0.4 is 4.90 Å². The highest BCUT2D eigenvalue weighted by Crippen LogP contribution is 2.32. The Morgan fingerprint density at radius 1 is 1.13 bits per heavy atom. The van der Waals surface area contributed by atoms with E-state index < -0.39 is 0 Å². The van der Waals surface area contributed by atoms with Gasteiger partial charge in [-0.15, -0.1) is 0 Å². The monoisotopic (exact) mass is 316 g/mol. The number of piperidine rings is 1. The summed E-state index contributed by atoms with van der Waals surface area (Å²) in [6.45, 7) is 3.10. The predicted molar refractivity (Wildman–Crippen MR) is 86.1 cm³/mol. The highest BCUT2D eigenvalue weighted by Gasteiger charge is 2.41. The summed E-state index contributed by atoms with van der Waals surface area (Å²) in [4.78, 5) is 26.0. The largest absolute Gasteiger partial charge is 0.374 e. The molecule has 2 aliphatic heterocycles. The van der Waals surface area contributed by atoms with Crippen LogP contribution >= 0.6 is 0 Å². The van der Waals surface area contributed by atoms with E-state index in [0.717, 1.165) is 51.3 Å². The first-order valence-electron chi connectivity index (χ1n) is 8.77. The molecule has 0 aromatic carbocycles. The lowest BCUT2D eigenvalue weighted by molar-refractivity contribution is -0.148. The molecule has 6 nitrogen and oxygen atoms in total. The second-order valence-electron chi connectivity index (χ2n) is 6.77. The number of rotatable bonds is 2. The first-order valence-corrected chi connectivity index (χ1v) is 8.77. The Morgan fingerprint density at radius 3 is 2.87 bits per heavy atom. The quantitative estimate of drug-likeness (QED) is 0.827. The van der Waals surface area contributed by atoms with Crippen molar-refractivity contribution in [3.8, 4) is 0 Å². The number of nitrogens with zero attached hydrogens (tertiary/aromatic N) is 4. The molecule has 0 N–H and O–H groups in total. The fourth-order valence-electron chi connectivity index (χ4n) is 4.25. The minimum Gasteiger partial charge on any atom is -0.374 e. The van der Waals surface area contributed by atoms with Crippen molar-refractivity contribution < 1.29 is 9.53 Å². The average molecular weight is 316 g/mol. The van der Waals surface area contributed by atoms with E-state index in [4.69, 9.17) is 4.74 Å². The van der Waals surface area contributed by atoms with E-state index in [1.165, 1.54) is 6.42 Å². The van der Waals surface area contributed by atoms with Gasteiger partial charge in [0.1, 0.15) is 0 Å².